The minimum Gasteiger partial charge on any atom is -0.316 e. The Balaban J connectivity index is 1.91. The van der Waals surface area contributed by atoms with Gasteiger partial charge in [-0.2, -0.15) is 0 Å². The van der Waals surface area contributed by atoms with E-state index in [1.54, 1.807) is 0 Å². The molecule has 2 aliphatic rings. The predicted molar refractivity (Wildman–Crippen MR) is 57.1 cm³/mol. The van der Waals surface area contributed by atoms with E-state index < -0.39 is 0 Å². The molecule has 80 valence electrons. The Morgan fingerprint density at radius 1 is 1.21 bits per heavy atom. The molecule has 1 heterocycles. The van der Waals surface area contributed by atoms with Gasteiger partial charge in [0.15, 0.2) is 0 Å². The van der Waals surface area contributed by atoms with Crippen LogP contribution in [0.5, 0.6) is 0 Å². The summed E-state index contributed by atoms with van der Waals surface area (Å²) in [6, 6.07) is 0. The lowest BCUT2D eigenvalue weighted by molar-refractivity contribution is -0.125. The van der Waals surface area contributed by atoms with Gasteiger partial charge in [-0.25, -0.2) is 0 Å². The zero-order chi connectivity index (χ0) is 9.97. The maximum Gasteiger partial charge on any atom is 0.135 e. The minimum atomic E-state index is 0.404. The van der Waals surface area contributed by atoms with Crippen LogP contribution < -0.4 is 5.32 Å². The summed E-state index contributed by atoms with van der Waals surface area (Å²) >= 11 is 0. The summed E-state index contributed by atoms with van der Waals surface area (Å²) in [6.45, 7) is 4.39. The highest BCUT2D eigenvalue weighted by Gasteiger charge is 2.34. The molecule has 1 saturated heterocycles. The molecular formula is C12H21NO. The maximum absolute atomic E-state index is 11.8. The molecule has 0 aromatic carbocycles. The van der Waals surface area contributed by atoms with Crippen molar-refractivity contribution in [1.29, 1.82) is 0 Å². The molecule has 14 heavy (non-hydrogen) atoms. The Bertz CT molecular complexity index is 202. The third kappa shape index (κ3) is 2.17. The Morgan fingerprint density at radius 2 is 1.86 bits per heavy atom. The number of carbonyl (C=O) groups is 1. The third-order valence-corrected chi connectivity index (χ3v) is 3.72. The highest BCUT2D eigenvalue weighted by molar-refractivity contribution is 5.81. The van der Waals surface area contributed by atoms with Crippen LogP contribution >= 0.6 is 0 Å². The van der Waals surface area contributed by atoms with Crippen LogP contribution in [0.2, 0.25) is 0 Å². The lowest BCUT2D eigenvalue weighted by Crippen LogP contribution is -2.43. The van der Waals surface area contributed by atoms with Crippen molar-refractivity contribution in [2.24, 2.45) is 17.8 Å². The van der Waals surface area contributed by atoms with Crippen LogP contribution in [0, 0.1) is 17.8 Å². The van der Waals surface area contributed by atoms with E-state index >= 15 is 0 Å². The van der Waals surface area contributed by atoms with Gasteiger partial charge in [0.05, 0.1) is 0 Å². The van der Waals surface area contributed by atoms with Gasteiger partial charge in [0, 0.05) is 12.3 Å². The molecule has 2 nitrogen and oxygen atoms in total. The molecule has 1 N–H and O–H groups in total. The van der Waals surface area contributed by atoms with Gasteiger partial charge in [-0.1, -0.05) is 6.92 Å². The van der Waals surface area contributed by atoms with Gasteiger partial charge >= 0.3 is 0 Å². The van der Waals surface area contributed by atoms with Gasteiger partial charge in [0.1, 0.15) is 5.78 Å². The molecule has 1 saturated carbocycles. The van der Waals surface area contributed by atoms with Crippen LogP contribution in [-0.4, -0.2) is 18.9 Å². The van der Waals surface area contributed by atoms with Crippen molar-refractivity contribution in [3.63, 3.8) is 0 Å². The van der Waals surface area contributed by atoms with Crippen molar-refractivity contribution < 1.29 is 4.79 Å². The summed E-state index contributed by atoms with van der Waals surface area (Å²) in [5.41, 5.74) is 0. The second-order valence-corrected chi connectivity index (χ2v) is 5.01. The second kappa shape index (κ2) is 4.43. The summed E-state index contributed by atoms with van der Waals surface area (Å²) in [6.07, 6.45) is 5.49. The van der Waals surface area contributed by atoms with Crippen molar-refractivity contribution in [3.8, 4) is 0 Å². The normalized spacial score (nSPS) is 36.8. The van der Waals surface area contributed by atoms with Gasteiger partial charge in [0.2, 0.25) is 0 Å². The number of carbonyl (C=O) groups excluding carboxylic acids is 1. The third-order valence-electron chi connectivity index (χ3n) is 3.72. The van der Waals surface area contributed by atoms with Crippen LogP contribution in [-0.2, 0) is 4.79 Å². The van der Waals surface area contributed by atoms with Crippen molar-refractivity contribution in [2.45, 2.75) is 39.0 Å². The van der Waals surface area contributed by atoms with Crippen molar-refractivity contribution in [2.75, 3.05) is 13.1 Å². The Hall–Kier alpha value is -0.370. The Labute approximate surface area is 86.5 Å². The molecule has 2 heteroatoms. The average molecular weight is 195 g/mol. The van der Waals surface area contributed by atoms with E-state index in [9.17, 15) is 4.79 Å². The standard InChI is InChI=1S/C12H21NO/c1-2-3-12(14)11-5-9-4-10(6-11)8-13-7-9/h9-11,13H,2-8H2,1H3. The highest BCUT2D eigenvalue weighted by Crippen LogP contribution is 2.36. The number of hydrogen-bond acceptors (Lipinski definition) is 2. The topological polar surface area (TPSA) is 29.1 Å². The molecule has 2 rings (SSSR count). The molecular weight excluding hydrogens is 174 g/mol. The van der Waals surface area contributed by atoms with Gasteiger partial charge in [0.25, 0.3) is 0 Å². The predicted octanol–water partition coefficient (Wildman–Crippen LogP) is 1.99. The Kier molecular flexibility index (Phi) is 3.22. The first kappa shape index (κ1) is 10.2. The number of piperidine rings is 1. The fraction of sp³-hybridized carbons (Fsp3) is 0.917. The summed E-state index contributed by atoms with van der Waals surface area (Å²) in [5, 5.41) is 3.47. The molecule has 2 bridgehead atoms. The smallest absolute Gasteiger partial charge is 0.135 e. The number of Topliss-reactive ketones (excluding diaryl/α,β-unsaturated/α-hetero) is 1. The maximum atomic E-state index is 11.8. The van der Waals surface area contributed by atoms with E-state index in [1.807, 2.05) is 0 Å². The van der Waals surface area contributed by atoms with Crippen molar-refractivity contribution in [3.05, 3.63) is 0 Å². The fourth-order valence-electron chi connectivity index (χ4n) is 3.10. The van der Waals surface area contributed by atoms with E-state index in [0.717, 1.165) is 50.6 Å². The first-order valence-electron chi connectivity index (χ1n) is 6.03. The average Bonchev–Trinajstić information content (AvgIpc) is 2.17. The van der Waals surface area contributed by atoms with Crippen molar-refractivity contribution >= 4 is 5.78 Å². The minimum absolute atomic E-state index is 0.404. The molecule has 0 amide bonds. The molecule has 0 aromatic rings. The summed E-state index contributed by atoms with van der Waals surface area (Å²) in [5.74, 6) is 2.51. The summed E-state index contributed by atoms with van der Waals surface area (Å²) in [7, 11) is 0. The zero-order valence-electron chi connectivity index (χ0n) is 9.09. The number of nitrogens with one attached hydrogen (secondary N) is 1. The first-order chi connectivity index (χ1) is 6.79. The number of fused-ring (bicyclic) bond motifs is 2. The number of rotatable bonds is 3. The van der Waals surface area contributed by atoms with Gasteiger partial charge in [-0.3, -0.25) is 4.79 Å². The van der Waals surface area contributed by atoms with Crippen LogP contribution in [0.25, 0.3) is 0 Å². The van der Waals surface area contributed by atoms with E-state index in [2.05, 4.69) is 12.2 Å². The van der Waals surface area contributed by atoms with Gasteiger partial charge in [-0.15, -0.1) is 0 Å². The molecule has 0 radical (unpaired) electrons. The largest absolute Gasteiger partial charge is 0.316 e. The van der Waals surface area contributed by atoms with Gasteiger partial charge < -0.3 is 5.32 Å². The fourth-order valence-corrected chi connectivity index (χ4v) is 3.10. The van der Waals surface area contributed by atoms with E-state index in [-0.39, 0.29) is 0 Å². The number of ketones is 1. The lowest BCUT2D eigenvalue weighted by Gasteiger charge is -2.38. The van der Waals surface area contributed by atoms with Gasteiger partial charge in [-0.05, 0) is 50.6 Å². The van der Waals surface area contributed by atoms with E-state index in [1.165, 1.54) is 6.42 Å². The first-order valence-corrected chi connectivity index (χ1v) is 6.03. The van der Waals surface area contributed by atoms with Crippen molar-refractivity contribution in [1.82, 2.24) is 5.32 Å². The molecule has 2 atom stereocenters. The Morgan fingerprint density at radius 3 is 2.43 bits per heavy atom. The lowest BCUT2D eigenvalue weighted by atomic mass is 9.71. The molecule has 1 aliphatic heterocycles. The molecule has 2 fully saturated rings. The monoisotopic (exact) mass is 195 g/mol. The molecule has 0 spiro atoms. The van der Waals surface area contributed by atoms with E-state index in [4.69, 9.17) is 0 Å². The van der Waals surface area contributed by atoms with Crippen LogP contribution in [0.4, 0.5) is 0 Å². The summed E-state index contributed by atoms with van der Waals surface area (Å²) < 4.78 is 0. The van der Waals surface area contributed by atoms with Crippen LogP contribution in [0.1, 0.15) is 39.0 Å². The quantitative estimate of drug-likeness (QED) is 0.746. The zero-order valence-corrected chi connectivity index (χ0v) is 9.09. The molecule has 2 unspecified atom stereocenters. The second-order valence-electron chi connectivity index (χ2n) is 5.01. The SMILES string of the molecule is CCCC(=O)C1CC2CNCC(C2)C1. The molecule has 0 aromatic heterocycles. The summed E-state index contributed by atoms with van der Waals surface area (Å²) in [4.78, 5) is 11.8. The van der Waals surface area contributed by atoms with Crippen LogP contribution in [0.3, 0.4) is 0 Å². The number of hydrogen-bond donors (Lipinski definition) is 1. The highest BCUT2D eigenvalue weighted by atomic mass is 16.1. The van der Waals surface area contributed by atoms with Crippen LogP contribution in [0.15, 0.2) is 0 Å². The molecule has 1 aliphatic carbocycles. The van der Waals surface area contributed by atoms with E-state index in [0.29, 0.717) is 11.7 Å².